The molecular formula is C12H22N4O. The van der Waals surface area contributed by atoms with Crippen LogP contribution in [0.15, 0.2) is 0 Å². The normalized spacial score (nSPS) is 19.5. The van der Waals surface area contributed by atoms with Gasteiger partial charge in [-0.25, -0.2) is 0 Å². The van der Waals surface area contributed by atoms with E-state index in [-0.39, 0.29) is 0 Å². The summed E-state index contributed by atoms with van der Waals surface area (Å²) >= 11 is 0. The van der Waals surface area contributed by atoms with Gasteiger partial charge in [-0.2, -0.15) is 0 Å². The molecule has 1 aromatic rings. The highest BCUT2D eigenvalue weighted by Gasteiger charge is 2.24. The Bertz CT molecular complexity index is 357. The number of rotatable bonds is 4. The van der Waals surface area contributed by atoms with Crippen LogP contribution in [-0.2, 0) is 0 Å². The van der Waals surface area contributed by atoms with Crippen molar-refractivity contribution in [3.63, 3.8) is 0 Å². The van der Waals surface area contributed by atoms with Crippen LogP contribution in [0.5, 0.6) is 0 Å². The molecule has 1 aliphatic carbocycles. The zero-order chi connectivity index (χ0) is 12.3. The lowest BCUT2D eigenvalue weighted by atomic mass is 9.95. The fourth-order valence-electron chi connectivity index (χ4n) is 2.69. The van der Waals surface area contributed by atoms with Crippen molar-refractivity contribution in [3.05, 3.63) is 11.6 Å². The first-order valence-corrected chi connectivity index (χ1v) is 6.53. The molecule has 17 heavy (non-hydrogen) atoms. The van der Waals surface area contributed by atoms with Crippen LogP contribution >= 0.6 is 0 Å². The lowest BCUT2D eigenvalue weighted by Crippen LogP contribution is -2.20. The molecule has 0 radical (unpaired) electrons. The standard InChI is InChI=1S/C12H22N4O/c1-9-14-15-12(11(17)7-8-13)16(9)10-5-3-2-4-6-10/h10-11,17H,2-8,13H2,1H3/t11-/m0/s1. The lowest BCUT2D eigenvalue weighted by molar-refractivity contribution is 0.149. The Labute approximate surface area is 102 Å². The average molecular weight is 238 g/mol. The van der Waals surface area contributed by atoms with Gasteiger partial charge in [0.15, 0.2) is 5.82 Å². The summed E-state index contributed by atoms with van der Waals surface area (Å²) in [6.07, 6.45) is 6.14. The number of nitrogens with zero attached hydrogens (tertiary/aromatic N) is 3. The van der Waals surface area contributed by atoms with Crippen molar-refractivity contribution in [2.45, 2.75) is 57.6 Å². The third-order valence-corrected chi connectivity index (χ3v) is 3.57. The molecule has 0 aromatic carbocycles. The van der Waals surface area contributed by atoms with Gasteiger partial charge in [-0.15, -0.1) is 10.2 Å². The summed E-state index contributed by atoms with van der Waals surface area (Å²) in [4.78, 5) is 0. The molecule has 0 bridgehead atoms. The zero-order valence-electron chi connectivity index (χ0n) is 10.5. The SMILES string of the molecule is Cc1nnc([C@@H](O)CCN)n1C1CCCCC1. The summed E-state index contributed by atoms with van der Waals surface area (Å²) in [6, 6.07) is 0.459. The average Bonchev–Trinajstić information content (AvgIpc) is 2.73. The molecule has 1 heterocycles. The van der Waals surface area contributed by atoms with Crippen LogP contribution in [-0.4, -0.2) is 26.4 Å². The molecule has 0 unspecified atom stereocenters. The molecule has 1 aromatic heterocycles. The Hall–Kier alpha value is -0.940. The maximum absolute atomic E-state index is 10.0. The largest absolute Gasteiger partial charge is 0.385 e. The van der Waals surface area contributed by atoms with Crippen molar-refractivity contribution in [2.75, 3.05) is 6.54 Å². The number of aryl methyl sites for hydroxylation is 1. The van der Waals surface area contributed by atoms with Gasteiger partial charge in [0, 0.05) is 6.04 Å². The predicted molar refractivity (Wildman–Crippen MR) is 65.5 cm³/mol. The van der Waals surface area contributed by atoms with Gasteiger partial charge < -0.3 is 15.4 Å². The third kappa shape index (κ3) is 2.66. The molecule has 0 spiro atoms. The maximum Gasteiger partial charge on any atom is 0.162 e. The lowest BCUT2D eigenvalue weighted by Gasteiger charge is -2.26. The van der Waals surface area contributed by atoms with E-state index < -0.39 is 6.10 Å². The number of hydrogen-bond acceptors (Lipinski definition) is 4. The summed E-state index contributed by atoms with van der Waals surface area (Å²) in [5, 5.41) is 18.3. The second-order valence-corrected chi connectivity index (χ2v) is 4.86. The van der Waals surface area contributed by atoms with Crippen LogP contribution in [0.4, 0.5) is 0 Å². The van der Waals surface area contributed by atoms with E-state index >= 15 is 0 Å². The van der Waals surface area contributed by atoms with Gasteiger partial charge in [-0.05, 0) is 32.7 Å². The quantitative estimate of drug-likeness (QED) is 0.832. The molecule has 0 saturated heterocycles. The molecule has 2 rings (SSSR count). The van der Waals surface area contributed by atoms with Crippen LogP contribution in [0.3, 0.4) is 0 Å². The predicted octanol–water partition coefficient (Wildman–Crippen LogP) is 1.47. The van der Waals surface area contributed by atoms with Gasteiger partial charge in [-0.1, -0.05) is 19.3 Å². The Morgan fingerprint density at radius 3 is 2.71 bits per heavy atom. The highest BCUT2D eigenvalue weighted by Crippen LogP contribution is 2.31. The molecule has 1 aliphatic rings. The minimum Gasteiger partial charge on any atom is -0.385 e. The van der Waals surface area contributed by atoms with Crippen molar-refractivity contribution >= 4 is 0 Å². The first kappa shape index (κ1) is 12.5. The monoisotopic (exact) mass is 238 g/mol. The molecule has 1 fully saturated rings. The molecule has 1 atom stereocenters. The molecule has 0 amide bonds. The van der Waals surface area contributed by atoms with Crippen molar-refractivity contribution in [1.82, 2.24) is 14.8 Å². The summed E-state index contributed by atoms with van der Waals surface area (Å²) < 4.78 is 2.12. The van der Waals surface area contributed by atoms with Crippen molar-refractivity contribution in [2.24, 2.45) is 5.73 Å². The summed E-state index contributed by atoms with van der Waals surface area (Å²) in [5.41, 5.74) is 5.48. The molecule has 5 heteroatoms. The highest BCUT2D eigenvalue weighted by molar-refractivity contribution is 5.01. The summed E-state index contributed by atoms with van der Waals surface area (Å²) in [6.45, 7) is 2.43. The second kappa shape index (κ2) is 5.60. The van der Waals surface area contributed by atoms with Crippen molar-refractivity contribution in [1.29, 1.82) is 0 Å². The first-order valence-electron chi connectivity index (χ1n) is 6.53. The van der Waals surface area contributed by atoms with Crippen molar-refractivity contribution < 1.29 is 5.11 Å². The minimum absolute atomic E-state index is 0.459. The van der Waals surface area contributed by atoms with E-state index in [1.54, 1.807) is 0 Å². The Morgan fingerprint density at radius 2 is 2.06 bits per heavy atom. The summed E-state index contributed by atoms with van der Waals surface area (Å²) in [5.74, 6) is 1.60. The number of aliphatic hydroxyl groups excluding tert-OH is 1. The van der Waals surface area contributed by atoms with E-state index in [1.165, 1.54) is 32.1 Å². The molecule has 3 N–H and O–H groups in total. The van der Waals surface area contributed by atoms with E-state index in [0.29, 0.717) is 24.8 Å². The van der Waals surface area contributed by atoms with Crippen LogP contribution in [0.2, 0.25) is 0 Å². The van der Waals surface area contributed by atoms with Crippen LogP contribution in [0.1, 0.15) is 62.3 Å². The topological polar surface area (TPSA) is 77.0 Å². The van der Waals surface area contributed by atoms with Gasteiger partial charge in [-0.3, -0.25) is 0 Å². The maximum atomic E-state index is 10.0. The van der Waals surface area contributed by atoms with Crippen LogP contribution in [0.25, 0.3) is 0 Å². The fraction of sp³-hybridized carbons (Fsp3) is 0.833. The van der Waals surface area contributed by atoms with Gasteiger partial charge >= 0.3 is 0 Å². The smallest absolute Gasteiger partial charge is 0.162 e. The number of hydrogen-bond donors (Lipinski definition) is 2. The molecule has 5 nitrogen and oxygen atoms in total. The Balaban J connectivity index is 2.21. The third-order valence-electron chi connectivity index (χ3n) is 3.57. The molecule has 0 aliphatic heterocycles. The fourth-order valence-corrected chi connectivity index (χ4v) is 2.69. The summed E-state index contributed by atoms with van der Waals surface area (Å²) in [7, 11) is 0. The van der Waals surface area contributed by atoms with Crippen molar-refractivity contribution in [3.8, 4) is 0 Å². The van der Waals surface area contributed by atoms with Gasteiger partial charge in [0.25, 0.3) is 0 Å². The number of aliphatic hydroxyl groups is 1. The first-order chi connectivity index (χ1) is 8.24. The van der Waals surface area contributed by atoms with E-state index in [1.807, 2.05) is 6.92 Å². The van der Waals surface area contributed by atoms with Gasteiger partial charge in [0.05, 0.1) is 0 Å². The molecular weight excluding hydrogens is 216 g/mol. The molecule has 96 valence electrons. The van der Waals surface area contributed by atoms with Crippen LogP contribution in [0, 0.1) is 6.92 Å². The second-order valence-electron chi connectivity index (χ2n) is 4.86. The van der Waals surface area contributed by atoms with E-state index in [0.717, 1.165) is 5.82 Å². The number of aromatic nitrogens is 3. The Morgan fingerprint density at radius 1 is 1.35 bits per heavy atom. The van der Waals surface area contributed by atoms with Gasteiger partial charge in [0.1, 0.15) is 11.9 Å². The highest BCUT2D eigenvalue weighted by atomic mass is 16.3. The van der Waals surface area contributed by atoms with E-state index in [4.69, 9.17) is 5.73 Å². The molecule has 1 saturated carbocycles. The number of nitrogens with two attached hydrogens (primary N) is 1. The van der Waals surface area contributed by atoms with Gasteiger partial charge in [0.2, 0.25) is 0 Å². The Kier molecular flexibility index (Phi) is 4.12. The minimum atomic E-state index is -0.580. The zero-order valence-corrected chi connectivity index (χ0v) is 10.5. The van der Waals surface area contributed by atoms with E-state index in [9.17, 15) is 5.11 Å². The van der Waals surface area contributed by atoms with E-state index in [2.05, 4.69) is 14.8 Å². The van der Waals surface area contributed by atoms with Crippen LogP contribution < -0.4 is 5.73 Å².